The molecule has 30 heavy (non-hydrogen) atoms. The molecular formula is C22H24F3N3O2. The lowest BCUT2D eigenvalue weighted by Crippen LogP contribution is -2.44. The highest BCUT2D eigenvalue weighted by Gasteiger charge is 2.33. The van der Waals surface area contributed by atoms with Crippen molar-refractivity contribution in [3.05, 3.63) is 65.2 Å². The van der Waals surface area contributed by atoms with Gasteiger partial charge in [-0.15, -0.1) is 0 Å². The molecule has 0 spiro atoms. The number of rotatable bonds is 6. The molecule has 160 valence electrons. The average molecular weight is 419 g/mol. The molecule has 8 heteroatoms. The number of nitrogens with zero attached hydrogens (tertiary/aromatic N) is 2. The summed E-state index contributed by atoms with van der Waals surface area (Å²) in [4.78, 5) is 28.4. The maximum absolute atomic E-state index is 13.1. The maximum atomic E-state index is 13.1. The van der Waals surface area contributed by atoms with E-state index in [1.165, 1.54) is 23.8 Å². The van der Waals surface area contributed by atoms with Crippen LogP contribution in [0.3, 0.4) is 0 Å². The molecule has 0 fully saturated rings. The van der Waals surface area contributed by atoms with Crippen molar-refractivity contribution >= 4 is 17.5 Å². The summed E-state index contributed by atoms with van der Waals surface area (Å²) >= 11 is 0. The normalized spacial score (nSPS) is 13.8. The van der Waals surface area contributed by atoms with Crippen molar-refractivity contribution in [2.45, 2.75) is 26.1 Å². The van der Waals surface area contributed by atoms with Crippen LogP contribution in [0.2, 0.25) is 0 Å². The van der Waals surface area contributed by atoms with Gasteiger partial charge in [0.25, 0.3) is 0 Å². The number of benzene rings is 2. The smallest absolute Gasteiger partial charge is 0.337 e. The number of para-hydroxylation sites is 1. The molecule has 0 saturated carbocycles. The van der Waals surface area contributed by atoms with E-state index in [1.807, 2.05) is 18.2 Å². The summed E-state index contributed by atoms with van der Waals surface area (Å²) < 4.78 is 39.3. The van der Waals surface area contributed by atoms with Crippen LogP contribution in [0.25, 0.3) is 0 Å². The minimum absolute atomic E-state index is 0.0347. The lowest BCUT2D eigenvalue weighted by molar-refractivity contribution is -0.137. The largest absolute Gasteiger partial charge is 0.418 e. The zero-order valence-electron chi connectivity index (χ0n) is 16.7. The van der Waals surface area contributed by atoms with Crippen molar-refractivity contribution in [2.24, 2.45) is 0 Å². The Kier molecular flexibility index (Phi) is 6.77. The number of carbonyl (C=O) groups is 2. The molecule has 1 heterocycles. The number of alkyl halides is 3. The fourth-order valence-electron chi connectivity index (χ4n) is 3.51. The van der Waals surface area contributed by atoms with E-state index < -0.39 is 17.6 Å². The summed E-state index contributed by atoms with van der Waals surface area (Å²) in [5, 5.41) is 2.32. The van der Waals surface area contributed by atoms with Crippen molar-refractivity contribution in [1.29, 1.82) is 0 Å². The number of amides is 2. The number of carbonyl (C=O) groups excluding carboxylic acids is 2. The molecule has 0 unspecified atom stereocenters. The molecule has 2 amide bonds. The highest BCUT2D eigenvalue weighted by atomic mass is 19.4. The Morgan fingerprint density at radius 2 is 1.70 bits per heavy atom. The highest BCUT2D eigenvalue weighted by Crippen LogP contribution is 2.34. The van der Waals surface area contributed by atoms with E-state index in [4.69, 9.17) is 0 Å². The topological polar surface area (TPSA) is 52.7 Å². The first-order chi connectivity index (χ1) is 14.3. The summed E-state index contributed by atoms with van der Waals surface area (Å²) in [5.41, 5.74) is 1.16. The zero-order chi connectivity index (χ0) is 21.7. The Hall–Kier alpha value is -2.87. The van der Waals surface area contributed by atoms with Crippen LogP contribution in [-0.4, -0.2) is 47.8 Å². The van der Waals surface area contributed by atoms with Gasteiger partial charge in [-0.2, -0.15) is 13.2 Å². The molecule has 1 N–H and O–H groups in total. The van der Waals surface area contributed by atoms with Gasteiger partial charge in [-0.25, -0.2) is 0 Å². The lowest BCUT2D eigenvalue weighted by Gasteiger charge is -2.31. The predicted molar refractivity (Wildman–Crippen MR) is 108 cm³/mol. The molecule has 3 rings (SSSR count). The first-order valence-electron chi connectivity index (χ1n) is 9.81. The number of hydrogen-bond donors (Lipinski definition) is 1. The van der Waals surface area contributed by atoms with E-state index in [0.29, 0.717) is 19.6 Å². The summed E-state index contributed by atoms with van der Waals surface area (Å²) in [7, 11) is 0. The monoisotopic (exact) mass is 419 g/mol. The molecule has 0 atom stereocenters. The predicted octanol–water partition coefficient (Wildman–Crippen LogP) is 3.55. The van der Waals surface area contributed by atoms with Crippen molar-refractivity contribution in [2.75, 3.05) is 31.5 Å². The van der Waals surface area contributed by atoms with Gasteiger partial charge < -0.3 is 10.2 Å². The number of fused-ring (bicyclic) bond motifs is 1. The van der Waals surface area contributed by atoms with Gasteiger partial charge in [0.05, 0.1) is 24.3 Å². The number of halogens is 3. The van der Waals surface area contributed by atoms with Gasteiger partial charge in [0, 0.05) is 13.1 Å². The van der Waals surface area contributed by atoms with Crippen LogP contribution in [0.1, 0.15) is 23.6 Å². The van der Waals surface area contributed by atoms with Gasteiger partial charge >= 0.3 is 6.18 Å². The van der Waals surface area contributed by atoms with Gasteiger partial charge in [-0.1, -0.05) is 43.3 Å². The molecule has 1 aliphatic rings. The van der Waals surface area contributed by atoms with Crippen molar-refractivity contribution < 1.29 is 22.8 Å². The van der Waals surface area contributed by atoms with Gasteiger partial charge in [0.1, 0.15) is 0 Å². The molecule has 0 saturated heterocycles. The Morgan fingerprint density at radius 3 is 2.40 bits per heavy atom. The Balaban J connectivity index is 1.58. The first-order valence-corrected chi connectivity index (χ1v) is 9.81. The van der Waals surface area contributed by atoms with E-state index in [2.05, 4.69) is 11.4 Å². The first kappa shape index (κ1) is 21.8. The van der Waals surface area contributed by atoms with Gasteiger partial charge in [-0.05, 0) is 36.2 Å². The fraction of sp³-hybridized carbons (Fsp3) is 0.364. The van der Waals surface area contributed by atoms with E-state index in [9.17, 15) is 22.8 Å². The minimum atomic E-state index is -4.56. The third-order valence-electron chi connectivity index (χ3n) is 5.16. The summed E-state index contributed by atoms with van der Waals surface area (Å²) in [6.45, 7) is 3.22. The van der Waals surface area contributed by atoms with Gasteiger partial charge in [-0.3, -0.25) is 14.5 Å². The van der Waals surface area contributed by atoms with Crippen LogP contribution in [0, 0.1) is 0 Å². The Bertz CT molecular complexity index is 914. The molecule has 1 aliphatic heterocycles. The van der Waals surface area contributed by atoms with E-state index in [0.717, 1.165) is 18.1 Å². The standard InChI is InChI=1S/C22H24F3N3O2/c1-2-27(14-20(29)26-19-10-6-5-9-18(19)22(23,24)25)15-21(30)28-12-11-16-7-3-4-8-17(16)13-28/h3-10H,2,11-15H2,1H3,(H,26,29). The van der Waals surface area contributed by atoms with Crippen LogP contribution in [0.15, 0.2) is 48.5 Å². The number of nitrogens with one attached hydrogen (secondary N) is 1. The van der Waals surface area contributed by atoms with E-state index in [1.54, 1.807) is 16.7 Å². The van der Waals surface area contributed by atoms with Crippen LogP contribution in [0.4, 0.5) is 18.9 Å². The van der Waals surface area contributed by atoms with Crippen LogP contribution in [-0.2, 0) is 28.7 Å². The molecule has 0 bridgehead atoms. The molecule has 0 aliphatic carbocycles. The third kappa shape index (κ3) is 5.38. The average Bonchev–Trinajstić information content (AvgIpc) is 2.72. The van der Waals surface area contributed by atoms with E-state index in [-0.39, 0.29) is 24.7 Å². The van der Waals surface area contributed by atoms with Crippen LogP contribution >= 0.6 is 0 Å². The quantitative estimate of drug-likeness (QED) is 0.779. The summed E-state index contributed by atoms with van der Waals surface area (Å²) in [6.07, 6.45) is -3.78. The molecule has 0 radical (unpaired) electrons. The number of hydrogen-bond acceptors (Lipinski definition) is 3. The van der Waals surface area contributed by atoms with Crippen LogP contribution in [0.5, 0.6) is 0 Å². The molecule has 2 aromatic rings. The van der Waals surface area contributed by atoms with Crippen molar-refractivity contribution in [3.8, 4) is 0 Å². The SMILES string of the molecule is CCN(CC(=O)Nc1ccccc1C(F)(F)F)CC(=O)N1CCc2ccccc2C1. The maximum Gasteiger partial charge on any atom is 0.418 e. The molecule has 0 aromatic heterocycles. The molecular weight excluding hydrogens is 395 g/mol. The highest BCUT2D eigenvalue weighted by molar-refractivity contribution is 5.93. The van der Waals surface area contributed by atoms with E-state index >= 15 is 0 Å². The molecule has 2 aromatic carbocycles. The number of likely N-dealkylation sites (N-methyl/N-ethyl adjacent to an activating group) is 1. The second-order valence-corrected chi connectivity index (χ2v) is 7.23. The molecule has 5 nitrogen and oxygen atoms in total. The van der Waals surface area contributed by atoms with Crippen molar-refractivity contribution in [3.63, 3.8) is 0 Å². The van der Waals surface area contributed by atoms with Crippen molar-refractivity contribution in [1.82, 2.24) is 9.80 Å². The second kappa shape index (κ2) is 9.30. The number of anilines is 1. The Morgan fingerprint density at radius 1 is 1.03 bits per heavy atom. The third-order valence-corrected chi connectivity index (χ3v) is 5.16. The van der Waals surface area contributed by atoms with Gasteiger partial charge in [0.15, 0.2) is 0 Å². The van der Waals surface area contributed by atoms with Crippen LogP contribution < -0.4 is 5.32 Å². The fourth-order valence-corrected chi connectivity index (χ4v) is 3.51. The zero-order valence-corrected chi connectivity index (χ0v) is 16.7. The lowest BCUT2D eigenvalue weighted by atomic mass is 10.00. The summed E-state index contributed by atoms with van der Waals surface area (Å²) in [6, 6.07) is 12.8. The summed E-state index contributed by atoms with van der Waals surface area (Å²) in [5.74, 6) is -0.694. The Labute approximate surface area is 173 Å². The minimum Gasteiger partial charge on any atom is -0.337 e. The van der Waals surface area contributed by atoms with Gasteiger partial charge in [0.2, 0.25) is 11.8 Å². The second-order valence-electron chi connectivity index (χ2n) is 7.23.